The fourth-order valence-electron chi connectivity index (χ4n) is 11.1. The number of likely N-dealkylation sites (tertiary alicyclic amines) is 1. The van der Waals surface area contributed by atoms with Gasteiger partial charge in [0.05, 0.1) is 41.6 Å². The minimum absolute atomic E-state index is 0.0510. The lowest BCUT2D eigenvalue weighted by Gasteiger charge is -2.56. The van der Waals surface area contributed by atoms with Crippen molar-refractivity contribution in [3.8, 4) is 11.5 Å². The number of ether oxygens (including phenoxy) is 2. The van der Waals surface area contributed by atoms with E-state index in [0.29, 0.717) is 59.8 Å². The van der Waals surface area contributed by atoms with Crippen molar-refractivity contribution in [2.45, 2.75) is 107 Å². The van der Waals surface area contributed by atoms with E-state index in [9.17, 15) is 27.5 Å². The fraction of sp³-hybridized carbons (Fsp3) is 0.490. The van der Waals surface area contributed by atoms with Crippen molar-refractivity contribution < 1.29 is 31.8 Å². The number of fused-ring (bicyclic) bond motifs is 1. The Labute approximate surface area is 397 Å². The maximum atomic E-state index is 14.0. The number of aromatic amines is 1. The Balaban J connectivity index is 0.812. The van der Waals surface area contributed by atoms with Crippen LogP contribution in [0.2, 0.25) is 0 Å². The van der Waals surface area contributed by atoms with Gasteiger partial charge in [-0.1, -0.05) is 31.2 Å². The number of sulfonamides is 1. The van der Waals surface area contributed by atoms with Crippen molar-refractivity contribution in [1.82, 2.24) is 24.6 Å². The number of anilines is 2. The third-order valence-corrected chi connectivity index (χ3v) is 18.7. The van der Waals surface area contributed by atoms with Gasteiger partial charge < -0.3 is 24.7 Å². The van der Waals surface area contributed by atoms with E-state index in [-0.39, 0.29) is 35.8 Å². The number of rotatable bonds is 14. The number of nitrogens with zero attached hydrogens (tertiary/aromatic N) is 6. The molecule has 3 aromatic heterocycles. The van der Waals surface area contributed by atoms with Crippen LogP contribution in [0.1, 0.15) is 98.7 Å². The molecule has 4 aliphatic heterocycles. The highest BCUT2D eigenvalue weighted by Crippen LogP contribution is 2.54. The van der Waals surface area contributed by atoms with Gasteiger partial charge in [-0.2, -0.15) is 0 Å². The van der Waals surface area contributed by atoms with Gasteiger partial charge in [-0.3, -0.25) is 19.8 Å². The van der Waals surface area contributed by atoms with Crippen LogP contribution < -0.4 is 19.7 Å². The standard InChI is InChI=1S/C49H59N9O8S2/c1-2-33-8-3-4-9-41(33)43-10-7-19-57(43)37-27-49(28-37)16-20-56(21-17-49)36-12-14-42(45(25-36)66-39-24-34-15-18-50-46(34)51-30-39)48(59)55-68(63,64)40-26-44(58(60)61)47(53-31-40)52-29-38-13-11-35(32-65-38)54-67(62)22-5-6-23-67/h3-4,8-9,12,14-15,18,24-26,30-31,35,37-38,43H,2,5-7,10-11,13,16-17,19-23,27-29,32H2,1H3,(H,50,51)(H,52,53)(H,55,59)/t35?,38?,43-/m1/s1. The molecule has 19 heteroatoms. The number of aromatic nitrogens is 3. The summed E-state index contributed by atoms with van der Waals surface area (Å²) in [6.45, 7) is 5.53. The van der Waals surface area contributed by atoms with Crippen LogP contribution in [0.3, 0.4) is 0 Å². The smallest absolute Gasteiger partial charge is 0.312 e. The summed E-state index contributed by atoms with van der Waals surface area (Å²) in [5.74, 6) is 0.610. The first-order valence-corrected chi connectivity index (χ1v) is 27.3. The fourth-order valence-corrected chi connectivity index (χ4v) is 14.5. The molecule has 0 radical (unpaired) electrons. The van der Waals surface area contributed by atoms with Crippen LogP contribution in [-0.2, 0) is 30.9 Å². The normalized spacial score (nSPS) is 22.8. The Bertz CT molecular complexity index is 2920. The molecule has 1 amide bonds. The monoisotopic (exact) mass is 965 g/mol. The first-order valence-electron chi connectivity index (χ1n) is 24.0. The number of H-pyrrole nitrogens is 1. The number of hydrogen-bond donors (Lipinski definition) is 3. The van der Waals surface area contributed by atoms with E-state index in [0.717, 1.165) is 75.1 Å². The zero-order chi connectivity index (χ0) is 47.0. The van der Waals surface area contributed by atoms with Crippen molar-refractivity contribution in [3.05, 3.63) is 106 Å². The lowest BCUT2D eigenvalue weighted by Crippen LogP contribution is -2.54. The largest absolute Gasteiger partial charge is 0.455 e. The molecule has 5 fully saturated rings. The molecule has 68 heavy (non-hydrogen) atoms. The van der Waals surface area contributed by atoms with E-state index >= 15 is 0 Å². The van der Waals surface area contributed by atoms with Gasteiger partial charge in [-0.25, -0.2) is 31.7 Å². The maximum absolute atomic E-state index is 14.0. The molecular formula is C49H59N9O8S2. The van der Waals surface area contributed by atoms with Gasteiger partial charge >= 0.3 is 5.69 Å². The van der Waals surface area contributed by atoms with Gasteiger partial charge in [0.25, 0.3) is 15.9 Å². The Morgan fingerprint density at radius 2 is 1.82 bits per heavy atom. The summed E-state index contributed by atoms with van der Waals surface area (Å²) >= 11 is 0. The van der Waals surface area contributed by atoms with Crippen LogP contribution in [0.15, 0.2) is 88.5 Å². The van der Waals surface area contributed by atoms with Crippen molar-refractivity contribution in [2.24, 2.45) is 9.78 Å². The van der Waals surface area contributed by atoms with E-state index in [1.165, 1.54) is 43.0 Å². The zero-order valence-electron chi connectivity index (χ0n) is 38.3. The minimum atomic E-state index is -4.66. The van der Waals surface area contributed by atoms with Gasteiger partial charge in [-0.05, 0) is 118 Å². The topological polar surface area (TPSA) is 214 Å². The summed E-state index contributed by atoms with van der Waals surface area (Å²) in [7, 11) is -6.83. The zero-order valence-corrected chi connectivity index (χ0v) is 39.9. The number of carbonyl (C=O) groups is 1. The SMILES string of the molecule is CCc1ccccc1[C@H]1CCCN1C1CC2(CCN(c3ccc(C(=O)NS(=O)(=O)c4cnc(NCC5CCC(N=S6(=O)CCCC6)CO5)c([N+](=O)[O-])c4)c(Oc4cnc5[nH]ccc5c4)c3)CC2)C1. The first-order chi connectivity index (χ1) is 32.9. The maximum Gasteiger partial charge on any atom is 0.312 e. The molecular weight excluding hydrogens is 907 g/mol. The highest BCUT2D eigenvalue weighted by molar-refractivity contribution is 7.93. The van der Waals surface area contributed by atoms with Gasteiger partial charge in [0.2, 0.25) is 5.82 Å². The van der Waals surface area contributed by atoms with E-state index in [1.807, 2.05) is 6.07 Å². The third kappa shape index (κ3) is 9.67. The molecule has 3 N–H and O–H groups in total. The molecule has 2 unspecified atom stereocenters. The number of amides is 1. The van der Waals surface area contributed by atoms with Crippen LogP contribution in [0.4, 0.5) is 17.2 Å². The highest BCUT2D eigenvalue weighted by atomic mass is 32.2. The molecule has 5 aromatic rings. The lowest BCUT2D eigenvalue weighted by atomic mass is 9.59. The van der Waals surface area contributed by atoms with Crippen LogP contribution in [-0.4, -0.2) is 106 Å². The van der Waals surface area contributed by atoms with Gasteiger partial charge in [-0.15, -0.1) is 0 Å². The van der Waals surface area contributed by atoms with Crippen molar-refractivity contribution >= 4 is 53.9 Å². The molecule has 2 aromatic carbocycles. The van der Waals surface area contributed by atoms with E-state index in [1.54, 1.807) is 30.5 Å². The van der Waals surface area contributed by atoms with Gasteiger partial charge in [0.1, 0.15) is 22.0 Å². The first kappa shape index (κ1) is 46.1. The van der Waals surface area contributed by atoms with Crippen molar-refractivity contribution in [3.63, 3.8) is 0 Å². The van der Waals surface area contributed by atoms with Crippen molar-refractivity contribution in [2.75, 3.05) is 54.5 Å². The number of hydrogen-bond acceptors (Lipinski definition) is 14. The Hall–Kier alpha value is -5.63. The molecule has 4 saturated heterocycles. The number of benzene rings is 2. The Kier molecular flexibility index (Phi) is 12.9. The predicted molar refractivity (Wildman–Crippen MR) is 260 cm³/mol. The summed E-state index contributed by atoms with van der Waals surface area (Å²) in [5, 5.41) is 16.0. The molecule has 360 valence electrons. The molecule has 17 nitrogen and oxygen atoms in total. The van der Waals surface area contributed by atoms with E-state index < -0.39 is 41.2 Å². The number of piperidine rings is 1. The summed E-state index contributed by atoms with van der Waals surface area (Å²) in [6, 6.07) is 19.5. The molecule has 7 heterocycles. The molecule has 10 rings (SSSR count). The second-order valence-corrected chi connectivity index (χ2v) is 23.4. The number of aryl methyl sites for hydroxylation is 1. The molecule has 3 atom stereocenters. The highest BCUT2D eigenvalue weighted by Gasteiger charge is 2.50. The summed E-state index contributed by atoms with van der Waals surface area (Å²) in [5.41, 5.74) is 4.11. The molecule has 1 saturated carbocycles. The number of pyridine rings is 2. The second kappa shape index (κ2) is 19.0. The average molecular weight is 966 g/mol. The molecule has 1 spiro atoms. The van der Waals surface area contributed by atoms with Gasteiger partial charge in [0.15, 0.2) is 0 Å². The van der Waals surface area contributed by atoms with Crippen LogP contribution >= 0.6 is 0 Å². The molecule has 0 bridgehead atoms. The number of nitrogens with one attached hydrogen (secondary N) is 3. The van der Waals surface area contributed by atoms with Crippen LogP contribution in [0, 0.1) is 15.5 Å². The number of nitro groups is 1. The quantitative estimate of drug-likeness (QED) is 0.0709. The summed E-state index contributed by atoms with van der Waals surface area (Å²) in [4.78, 5) is 41.6. The van der Waals surface area contributed by atoms with E-state index in [2.05, 4.69) is 70.3 Å². The summed E-state index contributed by atoms with van der Waals surface area (Å²) < 4.78 is 59.4. The molecule has 5 aliphatic rings. The Morgan fingerprint density at radius 3 is 2.59 bits per heavy atom. The summed E-state index contributed by atoms with van der Waals surface area (Å²) in [6.07, 6.45) is 15.0. The van der Waals surface area contributed by atoms with Gasteiger partial charge in [0, 0.05) is 82.4 Å². The van der Waals surface area contributed by atoms with E-state index in [4.69, 9.17) is 9.47 Å². The van der Waals surface area contributed by atoms with Crippen LogP contribution in [0.5, 0.6) is 11.5 Å². The third-order valence-electron chi connectivity index (χ3n) is 14.8. The van der Waals surface area contributed by atoms with Crippen molar-refractivity contribution in [1.29, 1.82) is 0 Å². The van der Waals surface area contributed by atoms with Crippen LogP contribution in [0.25, 0.3) is 11.0 Å². The average Bonchev–Trinajstić information content (AvgIpc) is 4.12. The minimum Gasteiger partial charge on any atom is -0.455 e. The predicted octanol–water partition coefficient (Wildman–Crippen LogP) is 8.15. The molecule has 1 aliphatic carbocycles. The Morgan fingerprint density at radius 1 is 1.01 bits per heavy atom. The second-order valence-electron chi connectivity index (χ2n) is 19.2. The number of carbonyl (C=O) groups excluding carboxylic acids is 1. The lowest BCUT2D eigenvalue weighted by molar-refractivity contribution is -0.384.